The van der Waals surface area contributed by atoms with Crippen LogP contribution in [-0.4, -0.2) is 21.8 Å². The van der Waals surface area contributed by atoms with Crippen LogP contribution in [0.25, 0.3) is 11.6 Å². The van der Waals surface area contributed by atoms with Crippen LogP contribution in [0.1, 0.15) is 0 Å². The molecule has 1 aromatic carbocycles. The van der Waals surface area contributed by atoms with Crippen molar-refractivity contribution < 1.29 is 18.6 Å². The Morgan fingerprint density at radius 1 is 1.50 bits per heavy atom. The second kappa shape index (κ2) is 5.54. The molecular weight excluding hydrogens is 306 g/mol. The molecule has 2 rings (SSSR count). The molecule has 4 nitrogen and oxygen atoms in total. The Morgan fingerprint density at radius 2 is 2.20 bits per heavy atom. The van der Waals surface area contributed by atoms with Gasteiger partial charge in [0.15, 0.2) is 14.7 Å². The van der Waals surface area contributed by atoms with Crippen molar-refractivity contribution in [3.05, 3.63) is 44.5 Å². The van der Waals surface area contributed by atoms with Gasteiger partial charge in [-0.1, -0.05) is 11.3 Å². The van der Waals surface area contributed by atoms with Gasteiger partial charge in [0, 0.05) is 6.07 Å². The summed E-state index contributed by atoms with van der Waals surface area (Å²) in [5.41, 5.74) is -0.289. The number of thiocarbonyl (C=S) groups is 1. The van der Waals surface area contributed by atoms with Gasteiger partial charge < -0.3 is 9.84 Å². The number of aliphatic hydroxyl groups excluding tert-OH is 1. The summed E-state index contributed by atoms with van der Waals surface area (Å²) in [6.45, 7) is 0. The minimum absolute atomic E-state index is 0.0600. The number of aliphatic hydroxyl groups is 1. The minimum atomic E-state index is -0.851. The third-order valence-corrected chi connectivity index (χ3v) is 3.84. The number of aromatic nitrogens is 1. The smallest absolute Gasteiger partial charge is 0.298 e. The zero-order valence-electron chi connectivity index (χ0n) is 10.1. The first-order valence-electron chi connectivity index (χ1n) is 5.24. The SMILES string of the molecule is COC(O)=c1sc(=C=S)n(-c2ccc(F)cc2F)c1=N. The summed E-state index contributed by atoms with van der Waals surface area (Å²) in [5, 5.41) is 19.9. The van der Waals surface area contributed by atoms with Crippen LogP contribution >= 0.6 is 23.6 Å². The first kappa shape index (κ1) is 14.4. The van der Waals surface area contributed by atoms with E-state index in [1.807, 2.05) is 0 Å². The molecule has 0 saturated heterocycles. The second-order valence-electron chi connectivity index (χ2n) is 3.63. The number of methoxy groups -OCH3 is 1. The fourth-order valence-electron chi connectivity index (χ4n) is 1.59. The Morgan fingerprint density at radius 3 is 2.75 bits per heavy atom. The molecule has 0 aliphatic heterocycles. The lowest BCUT2D eigenvalue weighted by Gasteiger charge is -2.04. The van der Waals surface area contributed by atoms with Crippen molar-refractivity contribution in [3.8, 4) is 5.69 Å². The molecule has 1 aromatic heterocycles. The highest BCUT2D eigenvalue weighted by molar-refractivity contribution is 7.78. The van der Waals surface area contributed by atoms with Gasteiger partial charge in [-0.25, -0.2) is 8.78 Å². The maximum atomic E-state index is 13.8. The van der Waals surface area contributed by atoms with Gasteiger partial charge in [0.05, 0.1) is 12.8 Å². The van der Waals surface area contributed by atoms with Gasteiger partial charge in [-0.3, -0.25) is 9.98 Å². The van der Waals surface area contributed by atoms with E-state index in [9.17, 15) is 13.9 Å². The summed E-state index contributed by atoms with van der Waals surface area (Å²) in [4.78, 5) is 0. The molecule has 0 radical (unpaired) electrons. The number of benzene rings is 1. The van der Waals surface area contributed by atoms with Crippen LogP contribution in [0.2, 0.25) is 0 Å². The molecule has 0 unspecified atom stereocenters. The Labute approximate surface area is 121 Å². The summed E-state index contributed by atoms with van der Waals surface area (Å²) in [6.07, 6.45) is 0. The first-order chi connectivity index (χ1) is 9.49. The van der Waals surface area contributed by atoms with Crippen molar-refractivity contribution >= 4 is 34.5 Å². The maximum absolute atomic E-state index is 13.8. The normalized spacial score (nSPS) is 11.9. The number of nitrogens with one attached hydrogen (secondary N) is 1. The van der Waals surface area contributed by atoms with E-state index >= 15 is 0 Å². The molecule has 0 bridgehead atoms. The van der Waals surface area contributed by atoms with Gasteiger partial charge in [0.25, 0.3) is 5.95 Å². The standard InChI is InChI=1S/C12H8F2N2O2S2/c1-18-12(17)10-11(15)16(9(5-19)20-10)8-3-2-6(13)4-7(8)14/h2-4,15,17H,1H3. The summed E-state index contributed by atoms with van der Waals surface area (Å²) in [5.74, 6) is -2.06. The molecule has 0 aliphatic rings. The zero-order chi connectivity index (χ0) is 14.9. The van der Waals surface area contributed by atoms with E-state index in [0.29, 0.717) is 6.07 Å². The lowest BCUT2D eigenvalue weighted by molar-refractivity contribution is 0.232. The van der Waals surface area contributed by atoms with Crippen molar-refractivity contribution in [2.24, 2.45) is 0 Å². The lowest BCUT2D eigenvalue weighted by atomic mass is 10.3. The first-order valence-corrected chi connectivity index (χ1v) is 6.46. The largest absolute Gasteiger partial charge is 0.480 e. The molecule has 1 heterocycles. The van der Waals surface area contributed by atoms with Crippen LogP contribution in [0.4, 0.5) is 8.78 Å². The fourth-order valence-corrected chi connectivity index (χ4v) is 2.68. The van der Waals surface area contributed by atoms with Gasteiger partial charge in [-0.15, -0.1) is 0 Å². The van der Waals surface area contributed by atoms with Crippen LogP contribution in [-0.2, 0) is 4.74 Å². The molecule has 0 amide bonds. The van der Waals surface area contributed by atoms with Crippen molar-refractivity contribution in [2.45, 2.75) is 0 Å². The number of nitrogens with zero attached hydrogens (tertiary/aromatic N) is 1. The van der Waals surface area contributed by atoms with Crippen LogP contribution in [0, 0.1) is 17.0 Å². The summed E-state index contributed by atoms with van der Waals surface area (Å²) >= 11 is 5.61. The summed E-state index contributed by atoms with van der Waals surface area (Å²) in [6, 6.07) is 2.95. The fraction of sp³-hybridized carbons (Fsp3) is 0.0833. The summed E-state index contributed by atoms with van der Waals surface area (Å²) < 4.78 is 32.8. The number of hydrogen-bond donors (Lipinski definition) is 2. The minimum Gasteiger partial charge on any atom is -0.480 e. The maximum Gasteiger partial charge on any atom is 0.298 e. The van der Waals surface area contributed by atoms with E-state index in [-0.39, 0.29) is 20.4 Å². The van der Waals surface area contributed by atoms with E-state index in [1.54, 1.807) is 0 Å². The van der Waals surface area contributed by atoms with E-state index < -0.39 is 17.6 Å². The quantitative estimate of drug-likeness (QED) is 0.808. The van der Waals surface area contributed by atoms with Crippen molar-refractivity contribution in [3.63, 3.8) is 0 Å². The third kappa shape index (κ3) is 2.36. The molecule has 0 fully saturated rings. The molecular formula is C12H8F2N2O2S2. The number of rotatable bonds is 2. The molecule has 2 N–H and O–H groups in total. The van der Waals surface area contributed by atoms with Gasteiger partial charge in [-0.2, -0.15) is 0 Å². The van der Waals surface area contributed by atoms with E-state index in [2.05, 4.69) is 9.76 Å². The molecule has 0 saturated carbocycles. The van der Waals surface area contributed by atoms with E-state index in [4.69, 9.17) is 17.6 Å². The highest BCUT2D eigenvalue weighted by Crippen LogP contribution is 2.11. The van der Waals surface area contributed by atoms with Crippen LogP contribution < -0.4 is 14.7 Å². The molecule has 2 aromatic rings. The van der Waals surface area contributed by atoms with Crippen molar-refractivity contribution in [2.75, 3.05) is 7.11 Å². The molecule has 8 heteroatoms. The molecule has 0 atom stereocenters. The van der Waals surface area contributed by atoms with Crippen LogP contribution in [0.15, 0.2) is 18.2 Å². The third-order valence-electron chi connectivity index (χ3n) is 2.47. The second-order valence-corrected chi connectivity index (χ2v) is 4.83. The molecule has 20 heavy (non-hydrogen) atoms. The number of thiazole rings is 1. The average Bonchev–Trinajstić information content (AvgIpc) is 2.75. The van der Waals surface area contributed by atoms with Crippen molar-refractivity contribution in [1.82, 2.24) is 4.57 Å². The van der Waals surface area contributed by atoms with E-state index in [0.717, 1.165) is 22.0 Å². The Kier molecular flexibility index (Phi) is 3.99. The summed E-state index contributed by atoms with van der Waals surface area (Å²) in [7, 11) is 1.23. The van der Waals surface area contributed by atoms with Gasteiger partial charge >= 0.3 is 0 Å². The topological polar surface area (TPSA) is 58.2 Å². The number of ether oxygens (including phenoxy) is 1. The van der Waals surface area contributed by atoms with Crippen molar-refractivity contribution in [1.29, 1.82) is 5.41 Å². The molecule has 0 spiro atoms. The monoisotopic (exact) mass is 314 g/mol. The zero-order valence-corrected chi connectivity index (χ0v) is 11.7. The Balaban J connectivity index is 2.93. The highest BCUT2D eigenvalue weighted by atomic mass is 32.1. The molecule has 104 valence electrons. The lowest BCUT2D eigenvalue weighted by Crippen LogP contribution is -2.32. The average molecular weight is 314 g/mol. The van der Waals surface area contributed by atoms with Gasteiger partial charge in [0.2, 0.25) is 0 Å². The predicted octanol–water partition coefficient (Wildman–Crippen LogP) is 0.837. The van der Waals surface area contributed by atoms with Gasteiger partial charge in [0.1, 0.15) is 11.6 Å². The number of hydrogen-bond acceptors (Lipinski definition) is 5. The van der Waals surface area contributed by atoms with Crippen LogP contribution in [0.3, 0.4) is 0 Å². The predicted molar refractivity (Wildman–Crippen MR) is 73.4 cm³/mol. The van der Waals surface area contributed by atoms with Crippen LogP contribution in [0.5, 0.6) is 0 Å². The highest BCUT2D eigenvalue weighted by Gasteiger charge is 2.12. The molecule has 0 aliphatic carbocycles. The Bertz CT molecular complexity index is 867. The number of halogens is 2. The van der Waals surface area contributed by atoms with Gasteiger partial charge in [-0.05, 0) is 29.4 Å². The van der Waals surface area contributed by atoms with E-state index in [1.165, 1.54) is 13.2 Å². The Hall–Kier alpha value is -2.02.